The highest BCUT2D eigenvalue weighted by Crippen LogP contribution is 2.30. The molecule has 32 heavy (non-hydrogen) atoms. The molecule has 0 aromatic heterocycles. The van der Waals surface area contributed by atoms with Gasteiger partial charge in [0.25, 0.3) is 5.91 Å². The fraction of sp³-hybridized carbons (Fsp3) is 0.435. The monoisotopic (exact) mass is 480 g/mol. The molecule has 0 radical (unpaired) electrons. The number of fused-ring (bicyclic) bond motifs is 1. The molecule has 1 heterocycles. The Kier molecular flexibility index (Phi) is 8.53. The van der Waals surface area contributed by atoms with Crippen LogP contribution in [-0.2, 0) is 32.5 Å². The first kappa shape index (κ1) is 24.5. The van der Waals surface area contributed by atoms with Crippen LogP contribution in [0, 0.1) is 0 Å². The topological polar surface area (TPSA) is 84.9 Å². The molecule has 2 aromatic carbocycles. The Balaban J connectivity index is 1.55. The van der Waals surface area contributed by atoms with Gasteiger partial charge in [0.1, 0.15) is 5.75 Å². The number of carbonyl (C=O) groups excluding carboxylic acids is 1. The van der Waals surface area contributed by atoms with Crippen LogP contribution in [0.3, 0.4) is 0 Å². The molecule has 174 valence electrons. The van der Waals surface area contributed by atoms with E-state index < -0.39 is 10.0 Å². The van der Waals surface area contributed by atoms with Crippen LogP contribution in [0.1, 0.15) is 31.4 Å². The molecule has 7 nitrogen and oxygen atoms in total. The minimum absolute atomic E-state index is 0.101. The van der Waals surface area contributed by atoms with Gasteiger partial charge in [0.15, 0.2) is 6.61 Å². The van der Waals surface area contributed by atoms with Crippen LogP contribution in [0.4, 0.5) is 0 Å². The third kappa shape index (κ3) is 6.45. The highest BCUT2D eigenvalue weighted by Gasteiger charge is 2.28. The second-order valence-corrected chi connectivity index (χ2v) is 10.2. The molecule has 0 fully saturated rings. The van der Waals surface area contributed by atoms with Gasteiger partial charge in [-0.15, -0.1) is 0 Å². The van der Waals surface area contributed by atoms with Crippen molar-refractivity contribution in [1.29, 1.82) is 0 Å². The number of nitrogens with one attached hydrogen (secondary N) is 1. The van der Waals surface area contributed by atoms with E-state index in [2.05, 4.69) is 5.32 Å². The Morgan fingerprint density at radius 3 is 2.66 bits per heavy atom. The Morgan fingerprint density at radius 1 is 1.19 bits per heavy atom. The summed E-state index contributed by atoms with van der Waals surface area (Å²) in [7, 11) is -3.70. The first-order valence-electron chi connectivity index (χ1n) is 10.6. The quantitative estimate of drug-likeness (QED) is 0.527. The molecule has 0 spiro atoms. The molecule has 0 saturated carbocycles. The van der Waals surface area contributed by atoms with E-state index in [9.17, 15) is 13.2 Å². The molecule has 9 heteroatoms. The van der Waals surface area contributed by atoms with E-state index in [1.807, 2.05) is 38.1 Å². The number of rotatable bonds is 10. The maximum absolute atomic E-state index is 13.1. The van der Waals surface area contributed by atoms with E-state index in [1.54, 1.807) is 0 Å². The smallest absolute Gasteiger partial charge is 0.257 e. The first-order chi connectivity index (χ1) is 15.3. The Labute approximate surface area is 194 Å². The summed E-state index contributed by atoms with van der Waals surface area (Å²) in [5.41, 5.74) is 2.18. The number of benzene rings is 2. The highest BCUT2D eigenvalue weighted by molar-refractivity contribution is 7.89. The zero-order valence-electron chi connectivity index (χ0n) is 18.3. The molecule has 0 saturated heterocycles. The standard InChI is InChI=1S/C23H29ClN2O5S/c1-17(2)30-13-5-11-25-23(27)16-31-22-9-8-20(14-21(22)24)32(28,29)26-12-10-18-6-3-4-7-19(18)15-26/h3-4,6-9,14,17H,5,10-13,15-16H2,1-2H3,(H,25,27). The first-order valence-corrected chi connectivity index (χ1v) is 12.5. The minimum Gasteiger partial charge on any atom is -0.482 e. The molecule has 0 atom stereocenters. The molecule has 2 aromatic rings. The lowest BCUT2D eigenvalue weighted by Gasteiger charge is -2.28. The van der Waals surface area contributed by atoms with Crippen LogP contribution in [0.15, 0.2) is 47.4 Å². The van der Waals surface area contributed by atoms with Crippen molar-refractivity contribution in [2.45, 2.75) is 44.2 Å². The number of carbonyl (C=O) groups is 1. The fourth-order valence-electron chi connectivity index (χ4n) is 3.40. The maximum Gasteiger partial charge on any atom is 0.257 e. The van der Waals surface area contributed by atoms with Crippen molar-refractivity contribution >= 4 is 27.5 Å². The van der Waals surface area contributed by atoms with Crippen molar-refractivity contribution in [2.75, 3.05) is 26.3 Å². The van der Waals surface area contributed by atoms with E-state index in [4.69, 9.17) is 21.1 Å². The van der Waals surface area contributed by atoms with Crippen molar-refractivity contribution < 1.29 is 22.7 Å². The summed E-state index contributed by atoms with van der Waals surface area (Å²) < 4.78 is 38.5. The van der Waals surface area contributed by atoms with E-state index in [1.165, 1.54) is 28.1 Å². The van der Waals surface area contributed by atoms with Crippen LogP contribution in [0.25, 0.3) is 0 Å². The van der Waals surface area contributed by atoms with Crippen LogP contribution in [0.5, 0.6) is 5.75 Å². The van der Waals surface area contributed by atoms with Crippen molar-refractivity contribution in [1.82, 2.24) is 9.62 Å². The SMILES string of the molecule is CC(C)OCCCNC(=O)COc1ccc(S(=O)(=O)N2CCc3ccccc3C2)cc1Cl. The predicted octanol–water partition coefficient (Wildman–Crippen LogP) is 3.40. The number of hydrogen-bond acceptors (Lipinski definition) is 5. The fourth-order valence-corrected chi connectivity index (χ4v) is 5.14. The molecule has 1 amide bonds. The zero-order chi connectivity index (χ0) is 23.1. The summed E-state index contributed by atoms with van der Waals surface area (Å²) in [5.74, 6) is -0.0257. The summed E-state index contributed by atoms with van der Waals surface area (Å²) in [5, 5.41) is 2.88. The van der Waals surface area contributed by atoms with Crippen molar-refractivity contribution in [3.8, 4) is 5.75 Å². The van der Waals surface area contributed by atoms with Gasteiger partial charge in [-0.3, -0.25) is 4.79 Å². The Hall–Kier alpha value is -2.13. The lowest BCUT2D eigenvalue weighted by atomic mass is 10.0. The molecule has 1 aliphatic heterocycles. The second kappa shape index (κ2) is 11.1. The normalized spacial score (nSPS) is 14.2. The van der Waals surface area contributed by atoms with Crippen LogP contribution in [0.2, 0.25) is 5.02 Å². The van der Waals surface area contributed by atoms with Crippen molar-refractivity contribution in [3.05, 3.63) is 58.6 Å². The van der Waals surface area contributed by atoms with Crippen LogP contribution in [-0.4, -0.2) is 51.0 Å². The largest absolute Gasteiger partial charge is 0.482 e. The number of sulfonamides is 1. The number of nitrogens with zero attached hydrogens (tertiary/aromatic N) is 1. The summed E-state index contributed by atoms with van der Waals surface area (Å²) in [6, 6.07) is 12.2. The molecule has 1 aliphatic rings. The van der Waals surface area contributed by atoms with Gasteiger partial charge in [-0.25, -0.2) is 8.42 Å². The van der Waals surface area contributed by atoms with E-state index in [0.717, 1.165) is 5.56 Å². The van der Waals surface area contributed by atoms with Gasteiger partial charge in [-0.2, -0.15) is 4.31 Å². The van der Waals surface area contributed by atoms with E-state index >= 15 is 0 Å². The van der Waals surface area contributed by atoms with Gasteiger partial charge in [0.05, 0.1) is 16.0 Å². The molecule has 0 aliphatic carbocycles. The molecular weight excluding hydrogens is 452 g/mol. The summed E-state index contributed by atoms with van der Waals surface area (Å²) in [6.07, 6.45) is 1.54. The number of ether oxygens (including phenoxy) is 2. The van der Waals surface area contributed by atoms with Crippen molar-refractivity contribution in [3.63, 3.8) is 0 Å². The highest BCUT2D eigenvalue weighted by atomic mass is 35.5. The third-order valence-electron chi connectivity index (χ3n) is 5.09. The minimum atomic E-state index is -3.70. The molecule has 3 rings (SSSR count). The van der Waals surface area contributed by atoms with E-state index in [-0.39, 0.29) is 34.3 Å². The molecule has 0 unspecified atom stereocenters. The summed E-state index contributed by atoms with van der Waals surface area (Å²) >= 11 is 6.26. The lowest BCUT2D eigenvalue weighted by molar-refractivity contribution is -0.123. The molecule has 0 bridgehead atoms. The average molecular weight is 481 g/mol. The maximum atomic E-state index is 13.1. The van der Waals surface area contributed by atoms with Gasteiger partial charge in [0.2, 0.25) is 10.0 Å². The Bertz CT molecular complexity index is 1040. The molecule has 1 N–H and O–H groups in total. The van der Waals surface area contributed by atoms with Gasteiger partial charge >= 0.3 is 0 Å². The van der Waals surface area contributed by atoms with Crippen LogP contribution < -0.4 is 10.1 Å². The van der Waals surface area contributed by atoms with Crippen molar-refractivity contribution in [2.24, 2.45) is 0 Å². The number of amides is 1. The Morgan fingerprint density at radius 2 is 1.94 bits per heavy atom. The van der Waals surface area contributed by atoms with Gasteiger partial charge < -0.3 is 14.8 Å². The lowest BCUT2D eigenvalue weighted by Crippen LogP contribution is -2.35. The second-order valence-electron chi connectivity index (χ2n) is 7.86. The summed E-state index contributed by atoms with van der Waals surface area (Å²) in [6.45, 7) is 5.51. The van der Waals surface area contributed by atoms with Gasteiger partial charge in [0, 0.05) is 26.2 Å². The van der Waals surface area contributed by atoms with E-state index in [0.29, 0.717) is 39.1 Å². The number of hydrogen-bond donors (Lipinski definition) is 1. The number of halogens is 1. The predicted molar refractivity (Wildman–Crippen MR) is 123 cm³/mol. The summed E-state index contributed by atoms with van der Waals surface area (Å²) in [4.78, 5) is 12.0. The van der Waals surface area contributed by atoms with Gasteiger partial charge in [-0.05, 0) is 56.0 Å². The average Bonchev–Trinajstić information content (AvgIpc) is 2.77. The third-order valence-corrected chi connectivity index (χ3v) is 7.23. The zero-order valence-corrected chi connectivity index (χ0v) is 19.9. The molecular formula is C23H29ClN2O5S. The van der Waals surface area contributed by atoms with Crippen LogP contribution >= 0.6 is 11.6 Å². The van der Waals surface area contributed by atoms with Gasteiger partial charge in [-0.1, -0.05) is 35.9 Å².